The Labute approximate surface area is 120 Å². The average molecular weight is 326 g/mol. The average Bonchev–Trinajstić information content (AvgIpc) is 2.86. The number of nitrogens with one attached hydrogen (secondary N) is 1. The minimum absolute atomic E-state index is 0.0382. The highest BCUT2D eigenvalue weighted by Crippen LogP contribution is 2.31. The monoisotopic (exact) mass is 325 g/mol. The number of halogens is 1. The molecule has 1 fully saturated rings. The lowest BCUT2D eigenvalue weighted by atomic mass is 10.0. The van der Waals surface area contributed by atoms with Gasteiger partial charge < -0.3 is 10.4 Å². The van der Waals surface area contributed by atoms with Crippen LogP contribution >= 0.6 is 15.9 Å². The molecule has 0 aliphatic heterocycles. The molecule has 0 unspecified atom stereocenters. The predicted octanol–water partition coefficient (Wildman–Crippen LogP) is 2.57. The molecule has 2 N–H and O–H groups in total. The molecule has 1 aliphatic carbocycles. The molecule has 0 heterocycles. The maximum Gasteiger partial charge on any atom is 0.306 e. The first-order valence-corrected chi connectivity index (χ1v) is 7.10. The molecule has 0 bridgehead atoms. The third-order valence-electron chi connectivity index (χ3n) is 3.51. The molecule has 0 saturated heterocycles. The summed E-state index contributed by atoms with van der Waals surface area (Å²) in [6.07, 6.45) is 1.73. The normalized spacial score (nSPS) is 22.2. The minimum Gasteiger partial charge on any atom is -0.481 e. The van der Waals surface area contributed by atoms with Crippen LogP contribution < -0.4 is 5.32 Å². The first-order valence-electron chi connectivity index (χ1n) is 6.31. The van der Waals surface area contributed by atoms with Gasteiger partial charge in [0.2, 0.25) is 5.91 Å². The highest BCUT2D eigenvalue weighted by atomic mass is 79.9. The van der Waals surface area contributed by atoms with Crippen LogP contribution in [0.25, 0.3) is 0 Å². The van der Waals surface area contributed by atoms with Gasteiger partial charge in [-0.25, -0.2) is 0 Å². The van der Waals surface area contributed by atoms with Gasteiger partial charge >= 0.3 is 5.97 Å². The zero-order chi connectivity index (χ0) is 13.8. The molecule has 102 valence electrons. The van der Waals surface area contributed by atoms with Crippen LogP contribution in [0.2, 0.25) is 0 Å². The van der Waals surface area contributed by atoms with Gasteiger partial charge in [-0.3, -0.25) is 9.59 Å². The summed E-state index contributed by atoms with van der Waals surface area (Å²) in [6.45, 7) is 0.479. The second-order valence-corrected chi connectivity index (χ2v) is 5.81. The Morgan fingerprint density at radius 2 is 2.05 bits per heavy atom. The van der Waals surface area contributed by atoms with E-state index in [2.05, 4.69) is 21.2 Å². The van der Waals surface area contributed by atoms with E-state index < -0.39 is 5.97 Å². The van der Waals surface area contributed by atoms with Crippen molar-refractivity contribution in [2.75, 3.05) is 0 Å². The maximum atomic E-state index is 12.0. The summed E-state index contributed by atoms with van der Waals surface area (Å²) in [6, 6.07) is 7.75. The predicted molar refractivity (Wildman–Crippen MR) is 74.5 cm³/mol. The van der Waals surface area contributed by atoms with E-state index in [4.69, 9.17) is 5.11 Å². The van der Waals surface area contributed by atoms with Gasteiger partial charge in [-0.1, -0.05) is 28.1 Å². The molecule has 4 nitrogen and oxygen atoms in total. The number of benzene rings is 1. The van der Waals surface area contributed by atoms with Gasteiger partial charge in [0.05, 0.1) is 5.92 Å². The van der Waals surface area contributed by atoms with Crippen molar-refractivity contribution < 1.29 is 14.7 Å². The number of aliphatic carboxylic acids is 1. The number of hydrogen-bond donors (Lipinski definition) is 2. The summed E-state index contributed by atoms with van der Waals surface area (Å²) in [5.74, 6) is -1.35. The van der Waals surface area contributed by atoms with Gasteiger partial charge in [0.15, 0.2) is 0 Å². The lowest BCUT2D eigenvalue weighted by Gasteiger charge is -2.11. The van der Waals surface area contributed by atoms with Crippen LogP contribution in [0.4, 0.5) is 0 Å². The first kappa shape index (κ1) is 14.1. The Kier molecular flexibility index (Phi) is 4.58. The van der Waals surface area contributed by atoms with Crippen molar-refractivity contribution >= 4 is 27.8 Å². The van der Waals surface area contributed by atoms with Gasteiger partial charge in [-0.05, 0) is 37.0 Å². The molecule has 1 saturated carbocycles. The molecular formula is C14H16BrNO3. The van der Waals surface area contributed by atoms with Gasteiger partial charge in [-0.15, -0.1) is 0 Å². The van der Waals surface area contributed by atoms with E-state index in [1.54, 1.807) is 0 Å². The van der Waals surface area contributed by atoms with Crippen molar-refractivity contribution in [2.45, 2.75) is 25.8 Å². The molecular weight excluding hydrogens is 310 g/mol. The largest absolute Gasteiger partial charge is 0.481 e. The topological polar surface area (TPSA) is 66.4 Å². The fourth-order valence-electron chi connectivity index (χ4n) is 2.42. The Morgan fingerprint density at radius 3 is 2.68 bits per heavy atom. The molecule has 5 heteroatoms. The molecule has 1 aliphatic rings. The van der Waals surface area contributed by atoms with Crippen LogP contribution in [0, 0.1) is 11.8 Å². The Bertz CT molecular complexity index is 489. The second kappa shape index (κ2) is 6.19. The lowest BCUT2D eigenvalue weighted by molar-refractivity contribution is -0.141. The number of rotatable bonds is 4. The second-order valence-electron chi connectivity index (χ2n) is 4.89. The summed E-state index contributed by atoms with van der Waals surface area (Å²) < 4.78 is 0.978. The van der Waals surface area contributed by atoms with Crippen molar-refractivity contribution in [1.29, 1.82) is 0 Å². The lowest BCUT2D eigenvalue weighted by Crippen LogP contribution is -2.29. The fourth-order valence-corrected chi connectivity index (χ4v) is 2.87. The van der Waals surface area contributed by atoms with Crippen molar-refractivity contribution in [3.63, 3.8) is 0 Å². The molecule has 0 radical (unpaired) electrons. The summed E-state index contributed by atoms with van der Waals surface area (Å²) in [7, 11) is 0. The summed E-state index contributed by atoms with van der Waals surface area (Å²) in [4.78, 5) is 22.8. The Morgan fingerprint density at radius 1 is 1.32 bits per heavy atom. The van der Waals surface area contributed by atoms with Gasteiger partial charge in [0.25, 0.3) is 0 Å². The van der Waals surface area contributed by atoms with E-state index >= 15 is 0 Å². The molecule has 2 rings (SSSR count). The Hall–Kier alpha value is -1.36. The number of carbonyl (C=O) groups excluding carboxylic acids is 1. The zero-order valence-electron chi connectivity index (χ0n) is 10.4. The standard InChI is InChI=1S/C14H16BrNO3/c15-12-3-1-2-9(6-12)8-16-13(17)10-4-5-11(7-10)14(18)19/h1-3,6,10-11H,4-5,7-8H2,(H,16,17)(H,18,19)/t10-,11+/m1/s1. The summed E-state index contributed by atoms with van der Waals surface area (Å²) in [5, 5.41) is 11.8. The van der Waals surface area contributed by atoms with Crippen LogP contribution in [0.5, 0.6) is 0 Å². The van der Waals surface area contributed by atoms with Crippen molar-refractivity contribution in [3.05, 3.63) is 34.3 Å². The van der Waals surface area contributed by atoms with E-state index in [0.717, 1.165) is 10.0 Å². The first-order chi connectivity index (χ1) is 9.06. The third kappa shape index (κ3) is 3.80. The van der Waals surface area contributed by atoms with Gasteiger partial charge in [0, 0.05) is 16.9 Å². The van der Waals surface area contributed by atoms with Crippen LogP contribution in [-0.2, 0) is 16.1 Å². The van der Waals surface area contributed by atoms with Gasteiger partial charge in [-0.2, -0.15) is 0 Å². The minimum atomic E-state index is -0.790. The van der Waals surface area contributed by atoms with Crippen LogP contribution in [-0.4, -0.2) is 17.0 Å². The molecule has 2 atom stereocenters. The van der Waals surface area contributed by atoms with E-state index in [1.807, 2.05) is 24.3 Å². The van der Waals surface area contributed by atoms with Crippen LogP contribution in [0.15, 0.2) is 28.7 Å². The van der Waals surface area contributed by atoms with Crippen LogP contribution in [0.1, 0.15) is 24.8 Å². The molecule has 0 aromatic heterocycles. The number of carbonyl (C=O) groups is 2. The molecule has 1 aromatic carbocycles. The molecule has 0 spiro atoms. The quantitative estimate of drug-likeness (QED) is 0.894. The van der Waals surface area contributed by atoms with Crippen LogP contribution in [0.3, 0.4) is 0 Å². The Balaban J connectivity index is 1.84. The fraction of sp³-hybridized carbons (Fsp3) is 0.429. The number of carboxylic acid groups (broad SMARTS) is 1. The van der Waals surface area contributed by atoms with Crippen molar-refractivity contribution in [1.82, 2.24) is 5.32 Å². The maximum absolute atomic E-state index is 12.0. The van der Waals surface area contributed by atoms with E-state index in [0.29, 0.717) is 25.8 Å². The number of amides is 1. The van der Waals surface area contributed by atoms with E-state index in [-0.39, 0.29) is 17.7 Å². The highest BCUT2D eigenvalue weighted by Gasteiger charge is 2.33. The number of carboxylic acids is 1. The smallest absolute Gasteiger partial charge is 0.306 e. The SMILES string of the molecule is O=C(O)[C@H]1CC[C@@H](C(=O)NCc2cccc(Br)c2)C1. The van der Waals surface area contributed by atoms with Crippen molar-refractivity contribution in [3.8, 4) is 0 Å². The van der Waals surface area contributed by atoms with E-state index in [1.165, 1.54) is 0 Å². The van der Waals surface area contributed by atoms with Crippen molar-refractivity contribution in [2.24, 2.45) is 11.8 Å². The van der Waals surface area contributed by atoms with E-state index in [9.17, 15) is 9.59 Å². The van der Waals surface area contributed by atoms with Gasteiger partial charge in [0.1, 0.15) is 0 Å². The number of hydrogen-bond acceptors (Lipinski definition) is 2. The molecule has 1 amide bonds. The molecule has 1 aromatic rings. The third-order valence-corrected chi connectivity index (χ3v) is 4.00. The molecule has 19 heavy (non-hydrogen) atoms. The highest BCUT2D eigenvalue weighted by molar-refractivity contribution is 9.10. The summed E-state index contributed by atoms with van der Waals surface area (Å²) >= 11 is 3.38. The summed E-state index contributed by atoms with van der Waals surface area (Å²) in [5.41, 5.74) is 1.02. The zero-order valence-corrected chi connectivity index (χ0v) is 12.0.